The largest absolute Gasteiger partial charge is 0.317 e. The zero-order valence-corrected chi connectivity index (χ0v) is 7.63. The van der Waals surface area contributed by atoms with E-state index >= 15 is 0 Å². The number of hydrogen-bond acceptors (Lipinski definition) is 1. The van der Waals surface area contributed by atoms with Crippen LogP contribution in [0.15, 0.2) is 24.3 Å². The standard InChI is InChI=1S/C7H5FINO/c8-5-2-1-3-6(4-5)10-7(9)11/h1-4H,(H,10,11). The zero-order valence-electron chi connectivity index (χ0n) is 5.47. The van der Waals surface area contributed by atoms with E-state index in [0.717, 1.165) is 0 Å². The van der Waals surface area contributed by atoms with Gasteiger partial charge in [0.05, 0.1) is 0 Å². The lowest BCUT2D eigenvalue weighted by atomic mass is 10.3. The molecule has 0 spiro atoms. The van der Waals surface area contributed by atoms with Gasteiger partial charge in [0.25, 0.3) is 3.91 Å². The highest BCUT2D eigenvalue weighted by Gasteiger charge is 1.96. The summed E-state index contributed by atoms with van der Waals surface area (Å²) in [6.07, 6.45) is 0. The van der Waals surface area contributed by atoms with Gasteiger partial charge in [-0.05, 0) is 18.2 Å². The van der Waals surface area contributed by atoms with Crippen LogP contribution in [0.2, 0.25) is 0 Å². The van der Waals surface area contributed by atoms with Gasteiger partial charge in [-0.25, -0.2) is 4.39 Å². The quantitative estimate of drug-likeness (QED) is 0.472. The minimum atomic E-state index is -0.354. The molecule has 0 unspecified atom stereocenters. The first-order valence-corrected chi connectivity index (χ1v) is 3.98. The second kappa shape index (κ2) is 3.66. The molecule has 0 atom stereocenters. The van der Waals surface area contributed by atoms with Gasteiger partial charge in [0.2, 0.25) is 0 Å². The van der Waals surface area contributed by atoms with Gasteiger partial charge in [-0.1, -0.05) is 6.07 Å². The van der Waals surface area contributed by atoms with Crippen molar-refractivity contribution >= 4 is 32.2 Å². The summed E-state index contributed by atoms with van der Waals surface area (Å²) >= 11 is 1.59. The van der Waals surface area contributed by atoms with Crippen LogP contribution in [0.1, 0.15) is 0 Å². The highest BCUT2D eigenvalue weighted by atomic mass is 127. The van der Waals surface area contributed by atoms with Crippen molar-refractivity contribution in [3.8, 4) is 0 Å². The van der Waals surface area contributed by atoms with Crippen molar-refractivity contribution < 1.29 is 9.18 Å². The van der Waals surface area contributed by atoms with Crippen LogP contribution in [0, 0.1) is 5.82 Å². The number of halogens is 2. The number of nitrogens with one attached hydrogen (secondary N) is 1. The molecule has 1 amide bonds. The summed E-state index contributed by atoms with van der Waals surface area (Å²) in [6.45, 7) is 0. The predicted molar refractivity (Wildman–Crippen MR) is 49.4 cm³/mol. The van der Waals surface area contributed by atoms with Crippen molar-refractivity contribution in [3.63, 3.8) is 0 Å². The van der Waals surface area contributed by atoms with Crippen LogP contribution in [0.5, 0.6) is 0 Å². The van der Waals surface area contributed by atoms with E-state index in [2.05, 4.69) is 5.32 Å². The monoisotopic (exact) mass is 265 g/mol. The second-order valence-corrected chi connectivity index (χ2v) is 2.89. The van der Waals surface area contributed by atoms with E-state index in [4.69, 9.17) is 0 Å². The molecule has 0 aliphatic heterocycles. The lowest BCUT2D eigenvalue weighted by molar-refractivity contribution is 0.272. The van der Waals surface area contributed by atoms with Crippen molar-refractivity contribution in [1.82, 2.24) is 0 Å². The van der Waals surface area contributed by atoms with E-state index in [-0.39, 0.29) is 9.73 Å². The number of hydrogen-bond donors (Lipinski definition) is 1. The molecule has 0 heterocycles. The van der Waals surface area contributed by atoms with Crippen molar-refractivity contribution in [1.29, 1.82) is 0 Å². The third-order valence-electron chi connectivity index (χ3n) is 1.07. The third kappa shape index (κ3) is 2.83. The first-order valence-electron chi connectivity index (χ1n) is 2.90. The molecule has 58 valence electrons. The fourth-order valence-electron chi connectivity index (χ4n) is 0.680. The molecule has 0 saturated heterocycles. The molecule has 1 aromatic rings. The van der Waals surface area contributed by atoms with Crippen molar-refractivity contribution in [2.75, 3.05) is 5.32 Å². The molecule has 0 bridgehead atoms. The predicted octanol–water partition coefficient (Wildman–Crippen LogP) is 2.79. The Kier molecular flexibility index (Phi) is 2.81. The molecule has 0 radical (unpaired) electrons. The number of carbonyl (C=O) groups is 1. The maximum atomic E-state index is 12.5. The number of anilines is 1. The number of carbonyl (C=O) groups excluding carboxylic acids is 1. The van der Waals surface area contributed by atoms with Crippen molar-refractivity contribution in [2.24, 2.45) is 0 Å². The molecule has 0 fully saturated rings. The SMILES string of the molecule is O=C(I)Nc1cccc(F)c1. The van der Waals surface area contributed by atoms with Crippen LogP contribution < -0.4 is 5.32 Å². The second-order valence-electron chi connectivity index (χ2n) is 1.91. The van der Waals surface area contributed by atoms with Gasteiger partial charge < -0.3 is 5.32 Å². The Hall–Kier alpha value is -0.650. The summed E-state index contributed by atoms with van der Waals surface area (Å²) in [5.41, 5.74) is 0.476. The summed E-state index contributed by atoms with van der Waals surface area (Å²) in [7, 11) is 0. The van der Waals surface area contributed by atoms with Gasteiger partial charge in [0, 0.05) is 28.3 Å². The maximum absolute atomic E-state index is 12.5. The van der Waals surface area contributed by atoms with Crippen LogP contribution >= 0.6 is 22.6 Å². The average molecular weight is 265 g/mol. The van der Waals surface area contributed by atoms with Gasteiger partial charge in [-0.3, -0.25) is 4.79 Å². The Labute approximate surface area is 76.9 Å². The molecule has 0 aliphatic rings. The molecule has 0 aromatic heterocycles. The molecular formula is C7H5FINO. The summed E-state index contributed by atoms with van der Waals surface area (Å²) in [6, 6.07) is 5.75. The highest BCUT2D eigenvalue weighted by Crippen LogP contribution is 2.09. The third-order valence-corrected chi connectivity index (χ3v) is 1.34. The zero-order chi connectivity index (χ0) is 8.27. The van der Waals surface area contributed by atoms with Crippen molar-refractivity contribution in [3.05, 3.63) is 30.1 Å². The summed E-state index contributed by atoms with van der Waals surface area (Å²) in [4.78, 5) is 10.5. The fraction of sp³-hybridized carbons (Fsp3) is 0. The lowest BCUT2D eigenvalue weighted by Gasteiger charge is -1.98. The van der Waals surface area contributed by atoms with E-state index in [1.54, 1.807) is 28.7 Å². The summed E-state index contributed by atoms with van der Waals surface area (Å²) < 4.78 is 12.2. The molecule has 0 aliphatic carbocycles. The maximum Gasteiger partial charge on any atom is 0.284 e. The lowest BCUT2D eigenvalue weighted by Crippen LogP contribution is -1.99. The first-order chi connectivity index (χ1) is 5.18. The Morgan fingerprint density at radius 3 is 2.82 bits per heavy atom. The molecule has 2 nitrogen and oxygen atoms in total. The molecule has 1 N–H and O–H groups in total. The van der Waals surface area contributed by atoms with Crippen LogP contribution in [0.3, 0.4) is 0 Å². The topological polar surface area (TPSA) is 29.1 Å². The Morgan fingerprint density at radius 1 is 1.55 bits per heavy atom. The average Bonchev–Trinajstić information content (AvgIpc) is 1.85. The van der Waals surface area contributed by atoms with Gasteiger partial charge in [-0.15, -0.1) is 0 Å². The molecule has 11 heavy (non-hydrogen) atoms. The summed E-state index contributed by atoms with van der Waals surface area (Å²) in [5, 5.41) is 2.45. The molecule has 4 heteroatoms. The molecule has 1 aromatic carbocycles. The molecule has 1 rings (SSSR count). The Balaban J connectivity index is 2.79. The minimum Gasteiger partial charge on any atom is -0.317 e. The Morgan fingerprint density at radius 2 is 2.27 bits per heavy atom. The Bertz CT molecular complexity index is 277. The van der Waals surface area contributed by atoms with E-state index in [1.165, 1.54) is 18.2 Å². The van der Waals surface area contributed by atoms with Gasteiger partial charge in [0.1, 0.15) is 5.82 Å². The fourth-order valence-corrected chi connectivity index (χ4v) is 0.991. The molecular weight excluding hydrogens is 260 g/mol. The molecule has 0 saturated carbocycles. The van der Waals surface area contributed by atoms with E-state index in [0.29, 0.717) is 5.69 Å². The summed E-state index contributed by atoms with van der Waals surface area (Å²) in [5.74, 6) is -0.354. The number of benzene rings is 1. The van der Waals surface area contributed by atoms with E-state index in [9.17, 15) is 9.18 Å². The normalized spacial score (nSPS) is 9.27. The van der Waals surface area contributed by atoms with E-state index in [1.807, 2.05) is 0 Å². The van der Waals surface area contributed by atoms with Gasteiger partial charge in [-0.2, -0.15) is 0 Å². The van der Waals surface area contributed by atoms with Crippen LogP contribution in [-0.2, 0) is 0 Å². The highest BCUT2D eigenvalue weighted by molar-refractivity contribution is 14.1. The van der Waals surface area contributed by atoms with Crippen LogP contribution in [0.4, 0.5) is 14.9 Å². The van der Waals surface area contributed by atoms with Crippen LogP contribution in [-0.4, -0.2) is 3.91 Å². The smallest absolute Gasteiger partial charge is 0.284 e. The minimum absolute atomic E-state index is 0.229. The number of amides is 1. The first kappa shape index (κ1) is 8.45. The van der Waals surface area contributed by atoms with Gasteiger partial charge in [0.15, 0.2) is 0 Å². The van der Waals surface area contributed by atoms with Crippen LogP contribution in [0.25, 0.3) is 0 Å². The van der Waals surface area contributed by atoms with Gasteiger partial charge >= 0.3 is 0 Å². The number of rotatable bonds is 1. The van der Waals surface area contributed by atoms with Crippen molar-refractivity contribution in [2.45, 2.75) is 0 Å². The van der Waals surface area contributed by atoms with E-state index < -0.39 is 0 Å².